The lowest BCUT2D eigenvalue weighted by molar-refractivity contribution is -0.117. The molecule has 0 aromatic heterocycles. The number of rotatable bonds is 0. The number of Topliss-reactive ketones (excluding diaryl/α,β-unsaturated/α-hetero) is 1. The van der Waals surface area contributed by atoms with E-state index in [1.54, 1.807) is 11.1 Å². The van der Waals surface area contributed by atoms with E-state index < -0.39 is 5.60 Å². The first-order valence-corrected chi connectivity index (χ1v) is 5.57. The maximum absolute atomic E-state index is 11.7. The van der Waals surface area contributed by atoms with E-state index in [-0.39, 0.29) is 17.8 Å². The predicted octanol–water partition coefficient (Wildman–Crippen LogP) is 2.10. The van der Waals surface area contributed by atoms with Crippen LogP contribution < -0.4 is 0 Å². The Morgan fingerprint density at radius 3 is 2.75 bits per heavy atom. The van der Waals surface area contributed by atoms with Gasteiger partial charge in [0.2, 0.25) is 0 Å². The van der Waals surface area contributed by atoms with Crippen LogP contribution in [0, 0.1) is 5.92 Å². The summed E-state index contributed by atoms with van der Waals surface area (Å²) in [6.07, 6.45) is 2.54. The minimum Gasteiger partial charge on any atom is -0.443 e. The molecular weight excluding hydrogens is 206 g/mol. The fourth-order valence-corrected chi connectivity index (χ4v) is 2.12. The van der Waals surface area contributed by atoms with E-state index >= 15 is 0 Å². The smallest absolute Gasteiger partial charge is 0.414 e. The molecule has 0 aromatic carbocycles. The molecule has 1 fully saturated rings. The number of carbonyl (C=O) groups excluding carboxylic acids is 2. The summed E-state index contributed by atoms with van der Waals surface area (Å²) < 4.78 is 5.27. The summed E-state index contributed by atoms with van der Waals surface area (Å²) in [7, 11) is 0. The van der Waals surface area contributed by atoms with Crippen molar-refractivity contribution in [1.82, 2.24) is 4.90 Å². The zero-order chi connectivity index (χ0) is 11.9. The van der Waals surface area contributed by atoms with Crippen molar-refractivity contribution < 1.29 is 14.3 Å². The molecule has 0 saturated heterocycles. The molecule has 88 valence electrons. The molecule has 1 amide bonds. The highest BCUT2D eigenvalue weighted by Crippen LogP contribution is 2.34. The number of fused-ring (bicyclic) bond motifs is 1. The average molecular weight is 223 g/mol. The van der Waals surface area contributed by atoms with Gasteiger partial charge in [0.25, 0.3) is 0 Å². The van der Waals surface area contributed by atoms with Gasteiger partial charge in [-0.15, -0.1) is 0 Å². The van der Waals surface area contributed by atoms with Crippen LogP contribution in [0.4, 0.5) is 4.79 Å². The van der Waals surface area contributed by atoms with Crippen LogP contribution >= 0.6 is 0 Å². The molecule has 2 rings (SSSR count). The normalized spacial score (nSPS) is 24.4. The van der Waals surface area contributed by atoms with Crippen molar-refractivity contribution in [3.63, 3.8) is 0 Å². The molecule has 2 aliphatic rings. The SMILES string of the molecule is CC(C)(C)OC(=O)N1C=C2CC(=O)CC2C1. The molecular formula is C12H17NO3. The second-order valence-corrected chi connectivity index (χ2v) is 5.45. The molecule has 1 aliphatic heterocycles. The summed E-state index contributed by atoms with van der Waals surface area (Å²) in [6.45, 7) is 6.13. The van der Waals surface area contributed by atoms with Crippen molar-refractivity contribution in [3.05, 3.63) is 11.8 Å². The molecule has 4 nitrogen and oxygen atoms in total. The molecule has 0 aromatic rings. The minimum atomic E-state index is -0.469. The Kier molecular flexibility index (Phi) is 2.52. The van der Waals surface area contributed by atoms with E-state index in [2.05, 4.69) is 0 Å². The number of amides is 1. The van der Waals surface area contributed by atoms with Crippen LogP contribution in [0.5, 0.6) is 0 Å². The van der Waals surface area contributed by atoms with Crippen molar-refractivity contribution in [2.45, 2.75) is 39.2 Å². The fourth-order valence-electron chi connectivity index (χ4n) is 2.12. The quantitative estimate of drug-likeness (QED) is 0.631. The second-order valence-electron chi connectivity index (χ2n) is 5.45. The zero-order valence-corrected chi connectivity index (χ0v) is 9.95. The monoisotopic (exact) mass is 223 g/mol. The summed E-state index contributed by atoms with van der Waals surface area (Å²) in [4.78, 5) is 24.5. The van der Waals surface area contributed by atoms with E-state index in [1.165, 1.54) is 0 Å². The van der Waals surface area contributed by atoms with Gasteiger partial charge in [-0.3, -0.25) is 9.69 Å². The van der Waals surface area contributed by atoms with Crippen LogP contribution in [0.3, 0.4) is 0 Å². The van der Waals surface area contributed by atoms with Crippen molar-refractivity contribution in [3.8, 4) is 0 Å². The third kappa shape index (κ3) is 2.26. The maximum Gasteiger partial charge on any atom is 0.414 e. The molecule has 1 aliphatic carbocycles. The molecule has 1 atom stereocenters. The summed E-state index contributed by atoms with van der Waals surface area (Å²) in [6, 6.07) is 0. The van der Waals surface area contributed by atoms with Crippen molar-refractivity contribution in [1.29, 1.82) is 0 Å². The largest absolute Gasteiger partial charge is 0.443 e. The lowest BCUT2D eigenvalue weighted by atomic mass is 10.1. The van der Waals surface area contributed by atoms with Gasteiger partial charge in [0.05, 0.1) is 0 Å². The Morgan fingerprint density at radius 2 is 2.19 bits per heavy atom. The number of nitrogens with zero attached hydrogens (tertiary/aromatic N) is 1. The first kappa shape index (κ1) is 11.2. The van der Waals surface area contributed by atoms with Gasteiger partial charge in [-0.1, -0.05) is 0 Å². The van der Waals surface area contributed by atoms with Crippen LogP contribution in [0.1, 0.15) is 33.6 Å². The highest BCUT2D eigenvalue weighted by molar-refractivity contribution is 5.86. The standard InChI is InChI=1S/C12H17NO3/c1-12(2,3)16-11(15)13-6-8-4-10(14)5-9(8)7-13/h6,9H,4-5,7H2,1-3H3. The van der Waals surface area contributed by atoms with Gasteiger partial charge in [-0.05, 0) is 26.3 Å². The summed E-state index contributed by atoms with van der Waals surface area (Å²) >= 11 is 0. The predicted molar refractivity (Wildman–Crippen MR) is 58.8 cm³/mol. The number of ketones is 1. The average Bonchev–Trinajstić information content (AvgIpc) is 2.56. The first-order valence-electron chi connectivity index (χ1n) is 5.57. The molecule has 16 heavy (non-hydrogen) atoms. The van der Waals surface area contributed by atoms with Gasteiger partial charge in [0.1, 0.15) is 11.4 Å². The van der Waals surface area contributed by atoms with Gasteiger partial charge >= 0.3 is 6.09 Å². The van der Waals surface area contributed by atoms with Crippen LogP contribution in [-0.2, 0) is 9.53 Å². The summed E-state index contributed by atoms with van der Waals surface area (Å²) in [5.74, 6) is 0.514. The second kappa shape index (κ2) is 3.61. The third-order valence-electron chi connectivity index (χ3n) is 2.77. The lowest BCUT2D eigenvalue weighted by Crippen LogP contribution is -2.33. The van der Waals surface area contributed by atoms with Gasteiger partial charge < -0.3 is 4.74 Å². The fraction of sp³-hybridized carbons (Fsp3) is 0.667. The van der Waals surface area contributed by atoms with Crippen LogP contribution in [0.25, 0.3) is 0 Å². The molecule has 0 spiro atoms. The van der Waals surface area contributed by atoms with Crippen LogP contribution in [0.15, 0.2) is 11.8 Å². The van der Waals surface area contributed by atoms with Gasteiger partial charge in [-0.2, -0.15) is 0 Å². The molecule has 0 bridgehead atoms. The molecule has 1 saturated carbocycles. The van der Waals surface area contributed by atoms with Gasteiger partial charge in [-0.25, -0.2) is 4.79 Å². The Morgan fingerprint density at radius 1 is 1.50 bits per heavy atom. The number of carbonyl (C=O) groups is 2. The highest BCUT2D eigenvalue weighted by Gasteiger charge is 2.36. The first-order chi connectivity index (χ1) is 7.35. The molecule has 0 radical (unpaired) electrons. The van der Waals surface area contributed by atoms with Crippen LogP contribution in [0.2, 0.25) is 0 Å². The van der Waals surface area contributed by atoms with E-state index in [1.807, 2.05) is 20.8 Å². The molecule has 1 unspecified atom stereocenters. The van der Waals surface area contributed by atoms with Gasteiger partial charge in [0.15, 0.2) is 0 Å². The van der Waals surface area contributed by atoms with E-state index in [0.717, 1.165) is 5.57 Å². The summed E-state index contributed by atoms with van der Waals surface area (Å²) in [5.41, 5.74) is 0.610. The number of hydrogen-bond donors (Lipinski definition) is 0. The number of hydrogen-bond acceptors (Lipinski definition) is 3. The van der Waals surface area contributed by atoms with E-state index in [0.29, 0.717) is 19.4 Å². The van der Waals surface area contributed by atoms with Crippen LogP contribution in [-0.4, -0.2) is 28.9 Å². The molecule has 0 N–H and O–H groups in total. The van der Waals surface area contributed by atoms with E-state index in [9.17, 15) is 9.59 Å². The Labute approximate surface area is 95.2 Å². The Hall–Kier alpha value is -1.32. The minimum absolute atomic E-state index is 0.236. The van der Waals surface area contributed by atoms with Crippen molar-refractivity contribution >= 4 is 11.9 Å². The lowest BCUT2D eigenvalue weighted by Gasteiger charge is -2.23. The van der Waals surface area contributed by atoms with Crippen molar-refractivity contribution in [2.24, 2.45) is 5.92 Å². The topological polar surface area (TPSA) is 46.6 Å². The van der Waals surface area contributed by atoms with Crippen molar-refractivity contribution in [2.75, 3.05) is 6.54 Å². The van der Waals surface area contributed by atoms with E-state index in [4.69, 9.17) is 4.74 Å². The summed E-state index contributed by atoms with van der Waals surface area (Å²) in [5, 5.41) is 0. The Balaban J connectivity index is 2.00. The molecule has 4 heteroatoms. The Bertz CT molecular complexity index is 365. The molecule has 1 heterocycles. The zero-order valence-electron chi connectivity index (χ0n) is 9.95. The highest BCUT2D eigenvalue weighted by atomic mass is 16.6. The third-order valence-corrected chi connectivity index (χ3v) is 2.77. The number of ether oxygens (including phenoxy) is 1. The van der Waals surface area contributed by atoms with Gasteiger partial charge in [0, 0.05) is 31.5 Å². The maximum atomic E-state index is 11.7.